The third-order valence-electron chi connectivity index (χ3n) is 1.63. The predicted molar refractivity (Wildman–Crippen MR) is 50.3 cm³/mol. The summed E-state index contributed by atoms with van der Waals surface area (Å²) in [7, 11) is 0. The lowest BCUT2D eigenvalue weighted by Gasteiger charge is -2.22. The van der Waals surface area contributed by atoms with E-state index in [1.807, 2.05) is 0 Å². The molecule has 3 nitrogen and oxygen atoms in total. The summed E-state index contributed by atoms with van der Waals surface area (Å²) in [4.78, 5) is 11.0. The molecule has 0 saturated carbocycles. The van der Waals surface area contributed by atoms with Gasteiger partial charge in [-0.15, -0.1) is 0 Å². The van der Waals surface area contributed by atoms with Gasteiger partial charge in [0.25, 0.3) is 0 Å². The van der Waals surface area contributed by atoms with E-state index in [0.29, 0.717) is 6.42 Å². The summed E-state index contributed by atoms with van der Waals surface area (Å²) in [5.74, 6) is 1.84. The van der Waals surface area contributed by atoms with Crippen molar-refractivity contribution in [2.75, 3.05) is 6.61 Å². The fraction of sp³-hybridized carbons (Fsp3) is 0.700. The fourth-order valence-corrected chi connectivity index (χ4v) is 0.789. The van der Waals surface area contributed by atoms with E-state index in [2.05, 4.69) is 10.7 Å². The maximum atomic E-state index is 12.5. The highest BCUT2D eigenvalue weighted by molar-refractivity contribution is 5.84. The lowest BCUT2D eigenvalue weighted by atomic mass is 10.0. The van der Waals surface area contributed by atoms with Crippen LogP contribution in [0.15, 0.2) is 0 Å². The van der Waals surface area contributed by atoms with Crippen LogP contribution < -0.4 is 0 Å². The highest BCUT2D eigenvalue weighted by Gasteiger charge is 2.60. The summed E-state index contributed by atoms with van der Waals surface area (Å²) in [5, 5.41) is 9.20. The molecule has 0 aliphatic carbocycles. The number of unbranched alkanes of at least 4 members (excludes halogenated alkanes) is 1. The topological polar surface area (TPSA) is 46.5 Å². The molecule has 0 aromatic heterocycles. The first kappa shape index (κ1) is 14.8. The van der Waals surface area contributed by atoms with E-state index in [9.17, 15) is 23.1 Å². The van der Waals surface area contributed by atoms with E-state index < -0.39 is 17.7 Å². The van der Waals surface area contributed by atoms with Gasteiger partial charge < -0.3 is 9.84 Å². The number of rotatable bonds is 3. The van der Waals surface area contributed by atoms with Crippen molar-refractivity contribution in [3.8, 4) is 11.8 Å². The molecule has 0 aromatic rings. The average molecular weight is 238 g/mol. The number of hydrogen-bond acceptors (Lipinski definition) is 3. The molecule has 0 unspecified atom stereocenters. The summed E-state index contributed by atoms with van der Waals surface area (Å²) < 4.78 is 41.5. The minimum absolute atomic E-state index is 0.164. The lowest BCUT2D eigenvalue weighted by molar-refractivity contribution is -0.242. The monoisotopic (exact) mass is 238 g/mol. The maximum Gasteiger partial charge on any atom is 0.440 e. The number of carbonyl (C=O) groups is 1. The Balaban J connectivity index is 5.07. The van der Waals surface area contributed by atoms with Crippen LogP contribution in [0.25, 0.3) is 0 Å². The van der Waals surface area contributed by atoms with E-state index in [-0.39, 0.29) is 13.0 Å². The van der Waals surface area contributed by atoms with Crippen LogP contribution in [0.4, 0.5) is 13.2 Å². The highest BCUT2D eigenvalue weighted by atomic mass is 19.4. The van der Waals surface area contributed by atoms with E-state index >= 15 is 0 Å². The van der Waals surface area contributed by atoms with Gasteiger partial charge >= 0.3 is 17.7 Å². The minimum Gasteiger partial charge on any atom is -0.463 e. The summed E-state index contributed by atoms with van der Waals surface area (Å²) in [5.41, 5.74) is -3.72. The zero-order valence-electron chi connectivity index (χ0n) is 9.02. The van der Waals surface area contributed by atoms with Gasteiger partial charge in [-0.25, -0.2) is 4.79 Å². The van der Waals surface area contributed by atoms with Gasteiger partial charge in [-0.3, -0.25) is 0 Å². The van der Waals surface area contributed by atoms with Crippen molar-refractivity contribution in [1.82, 2.24) is 0 Å². The number of halogens is 3. The number of ether oxygens (including phenoxy) is 1. The molecule has 0 saturated heterocycles. The first-order chi connectivity index (χ1) is 7.29. The molecule has 0 fully saturated rings. The van der Waals surface area contributed by atoms with Crippen LogP contribution in [-0.2, 0) is 9.53 Å². The first-order valence-electron chi connectivity index (χ1n) is 4.76. The first-order valence-corrected chi connectivity index (χ1v) is 4.76. The van der Waals surface area contributed by atoms with Crippen molar-refractivity contribution in [2.45, 2.75) is 38.5 Å². The van der Waals surface area contributed by atoms with Crippen molar-refractivity contribution in [3.63, 3.8) is 0 Å². The number of carbonyl (C=O) groups excluding carboxylic acids is 1. The zero-order valence-corrected chi connectivity index (χ0v) is 9.02. The van der Waals surface area contributed by atoms with Gasteiger partial charge in [0.15, 0.2) is 0 Å². The third kappa shape index (κ3) is 3.42. The molecule has 0 aliphatic heterocycles. The van der Waals surface area contributed by atoms with Crippen LogP contribution in [0, 0.1) is 11.8 Å². The van der Waals surface area contributed by atoms with E-state index in [4.69, 9.17) is 0 Å². The highest BCUT2D eigenvalue weighted by Crippen LogP contribution is 2.31. The van der Waals surface area contributed by atoms with Gasteiger partial charge in [-0.2, -0.15) is 13.2 Å². The van der Waals surface area contributed by atoms with Crippen LogP contribution in [0.5, 0.6) is 0 Å². The predicted octanol–water partition coefficient (Wildman–Crippen LogP) is 1.65. The summed E-state index contributed by atoms with van der Waals surface area (Å²) in [6.45, 7) is 2.80. The minimum atomic E-state index is -5.17. The van der Waals surface area contributed by atoms with Gasteiger partial charge in [0.2, 0.25) is 0 Å². The average Bonchev–Trinajstić information content (AvgIpc) is 2.16. The molecule has 0 rings (SSSR count). The zero-order chi connectivity index (χ0) is 12.8. The molecule has 0 spiro atoms. The molecule has 0 radical (unpaired) electrons. The van der Waals surface area contributed by atoms with Gasteiger partial charge in [0.1, 0.15) is 0 Å². The standard InChI is InChI=1S/C10H13F3O3/c1-3-5-6-7-9(15,10(11,12)13)8(14)16-4-2/h15H,3-5H2,1-2H3/t9-/m0/s1. The van der Waals surface area contributed by atoms with Crippen molar-refractivity contribution in [1.29, 1.82) is 0 Å². The largest absolute Gasteiger partial charge is 0.463 e. The number of esters is 1. The molecule has 0 heterocycles. The molecule has 1 atom stereocenters. The number of alkyl halides is 3. The van der Waals surface area contributed by atoms with Crippen LogP contribution >= 0.6 is 0 Å². The lowest BCUT2D eigenvalue weighted by Crippen LogP contribution is -2.52. The third-order valence-corrected chi connectivity index (χ3v) is 1.63. The van der Waals surface area contributed by atoms with Gasteiger partial charge in [-0.05, 0) is 19.3 Å². The number of aliphatic hydroxyl groups is 1. The molecule has 0 bridgehead atoms. The fourth-order valence-electron chi connectivity index (χ4n) is 0.789. The van der Waals surface area contributed by atoms with Gasteiger partial charge in [0, 0.05) is 6.42 Å². The Labute approximate surface area is 91.6 Å². The normalized spacial score (nSPS) is 14.6. The second kappa shape index (κ2) is 5.75. The van der Waals surface area contributed by atoms with Gasteiger partial charge in [-0.1, -0.05) is 12.8 Å². The van der Waals surface area contributed by atoms with Crippen molar-refractivity contribution >= 4 is 5.97 Å². The van der Waals surface area contributed by atoms with Crippen LogP contribution in [0.1, 0.15) is 26.7 Å². The van der Waals surface area contributed by atoms with Crippen molar-refractivity contribution < 1.29 is 27.8 Å². The molecule has 0 aromatic carbocycles. The van der Waals surface area contributed by atoms with Crippen molar-refractivity contribution in [3.05, 3.63) is 0 Å². The quantitative estimate of drug-likeness (QED) is 0.600. The molecule has 0 amide bonds. The Morgan fingerprint density at radius 3 is 2.31 bits per heavy atom. The Morgan fingerprint density at radius 1 is 1.38 bits per heavy atom. The summed E-state index contributed by atoms with van der Waals surface area (Å²) in [6, 6.07) is 0. The van der Waals surface area contributed by atoms with Crippen LogP contribution in [-0.4, -0.2) is 29.5 Å². The summed E-state index contributed by atoms with van der Waals surface area (Å²) >= 11 is 0. The molecule has 1 N–H and O–H groups in total. The Bertz CT molecular complexity index is 301. The second-order valence-corrected chi connectivity index (χ2v) is 2.98. The SMILES string of the molecule is CCCC#C[C@](O)(C(=O)OCC)C(F)(F)F. The Kier molecular flexibility index (Phi) is 5.31. The molecular formula is C10H13F3O3. The van der Waals surface area contributed by atoms with Crippen LogP contribution in [0.3, 0.4) is 0 Å². The molecule has 6 heteroatoms. The Morgan fingerprint density at radius 2 is 1.94 bits per heavy atom. The molecule has 92 valence electrons. The number of hydrogen-bond donors (Lipinski definition) is 1. The van der Waals surface area contributed by atoms with Gasteiger partial charge in [0.05, 0.1) is 6.61 Å². The smallest absolute Gasteiger partial charge is 0.440 e. The van der Waals surface area contributed by atoms with Crippen molar-refractivity contribution in [2.24, 2.45) is 0 Å². The molecule has 0 aliphatic rings. The second-order valence-electron chi connectivity index (χ2n) is 2.98. The van der Waals surface area contributed by atoms with E-state index in [1.54, 1.807) is 6.92 Å². The maximum absolute atomic E-state index is 12.5. The van der Waals surface area contributed by atoms with E-state index in [1.165, 1.54) is 12.8 Å². The van der Waals surface area contributed by atoms with Crippen LogP contribution in [0.2, 0.25) is 0 Å². The Hall–Kier alpha value is -1.22. The summed E-state index contributed by atoms with van der Waals surface area (Å²) in [6.07, 6.45) is -4.47. The van der Waals surface area contributed by atoms with E-state index in [0.717, 1.165) is 0 Å². The molecule has 16 heavy (non-hydrogen) atoms. The molecular weight excluding hydrogens is 225 g/mol.